The Labute approximate surface area is 404 Å². The van der Waals surface area contributed by atoms with Crippen molar-refractivity contribution in [1.29, 1.82) is 0 Å². The van der Waals surface area contributed by atoms with E-state index in [2.05, 4.69) is 160 Å². The average molecular weight is 1090 g/mol. The van der Waals surface area contributed by atoms with Gasteiger partial charge in [-0.15, -0.1) is 18.2 Å². The number of aromatic nitrogens is 4. The Hall–Kier alpha value is -5.92. The van der Waals surface area contributed by atoms with Crippen LogP contribution in [-0.2, 0) is 30.9 Å². The van der Waals surface area contributed by atoms with Gasteiger partial charge >= 0.3 is 165 Å². The molecule has 5 nitrogen and oxygen atoms in total. The predicted octanol–water partition coefficient (Wildman–Crippen LogP) is 14.5. The van der Waals surface area contributed by atoms with E-state index in [1.807, 2.05) is 60.9 Å². The SMILES string of the molecule is CC(C)(C)c1nccc2nc(-c3[c-]ccc4c3oc3ccccc34)n(-c3ccc(-c4ccccc4)cc3)c12.[2H]C([2H])([2H])c1c[c-]c(-c2cc(C(C)(C)c3ccccc3)[c]([Ge]([CH3])([CH3])[CH3])cn2)cc1.[Ir]. The molecule has 7 heteroatoms. The summed E-state index contributed by atoms with van der Waals surface area (Å²) in [4.78, 5) is 14.8. The Balaban J connectivity index is 0.000000188. The van der Waals surface area contributed by atoms with E-state index in [1.165, 1.54) is 26.6 Å². The number of aryl methyl sites for hydroxylation is 1. The van der Waals surface area contributed by atoms with Crippen LogP contribution in [0.2, 0.25) is 17.3 Å². The summed E-state index contributed by atoms with van der Waals surface area (Å²) in [6, 6.07) is 57.6. The number of rotatable bonds is 7. The van der Waals surface area contributed by atoms with Crippen molar-refractivity contribution < 1.29 is 28.6 Å². The summed E-state index contributed by atoms with van der Waals surface area (Å²) >= 11 is -2.18. The van der Waals surface area contributed by atoms with Crippen molar-refractivity contribution in [3.63, 3.8) is 0 Å². The van der Waals surface area contributed by atoms with Crippen molar-refractivity contribution in [2.24, 2.45) is 0 Å². The summed E-state index contributed by atoms with van der Waals surface area (Å²) < 4.78 is 32.7. The van der Waals surface area contributed by atoms with Gasteiger partial charge in [0.1, 0.15) is 5.58 Å². The van der Waals surface area contributed by atoms with Crippen LogP contribution in [0, 0.1) is 19.0 Å². The first kappa shape index (κ1) is 41.8. The molecule has 0 spiro atoms. The zero-order valence-corrected chi connectivity index (χ0v) is 42.6. The molecule has 4 aromatic heterocycles. The average Bonchev–Trinajstić information content (AvgIpc) is 3.91. The normalized spacial score (nSPS) is 12.8. The molecule has 0 aliphatic carbocycles. The van der Waals surface area contributed by atoms with Gasteiger partial charge in [-0.3, -0.25) is 9.97 Å². The van der Waals surface area contributed by atoms with E-state index in [9.17, 15) is 0 Å². The van der Waals surface area contributed by atoms with E-state index in [4.69, 9.17) is 23.5 Å². The van der Waals surface area contributed by atoms with Gasteiger partial charge in [-0.05, 0) is 35.4 Å². The van der Waals surface area contributed by atoms with Crippen LogP contribution in [0.5, 0.6) is 0 Å². The maximum atomic E-state index is 7.56. The smallest absolute Gasteiger partial charge is 0 e. The molecule has 0 unspecified atom stereocenters. The van der Waals surface area contributed by atoms with Crippen molar-refractivity contribution in [1.82, 2.24) is 19.5 Å². The van der Waals surface area contributed by atoms with Gasteiger partial charge in [0.05, 0.1) is 28.1 Å². The summed E-state index contributed by atoms with van der Waals surface area (Å²) in [5.41, 5.74) is 12.9. The Morgan fingerprint density at radius 1 is 0.708 bits per heavy atom. The Kier molecular flexibility index (Phi) is 11.7. The van der Waals surface area contributed by atoms with Gasteiger partial charge in [-0.25, -0.2) is 0 Å². The van der Waals surface area contributed by atoms with Crippen molar-refractivity contribution in [3.05, 3.63) is 199 Å². The molecular weight excluding hydrogens is 1030 g/mol. The van der Waals surface area contributed by atoms with Crippen LogP contribution in [-0.4, -0.2) is 32.8 Å². The van der Waals surface area contributed by atoms with Crippen molar-refractivity contribution >= 4 is 50.6 Å². The van der Waals surface area contributed by atoms with Crippen LogP contribution in [0.3, 0.4) is 0 Å². The predicted molar refractivity (Wildman–Crippen MR) is 269 cm³/mol. The van der Waals surface area contributed by atoms with Gasteiger partial charge < -0.3 is 8.98 Å². The standard InChI is InChI=1S/C34H26N3O.C24H28GeN.Ir/c1-34(2,3)32-30-28(20-21-35-32)36-33(27-14-9-13-26-25-12-7-8-15-29(25)38-31(26)27)37(30)24-18-16-23(17-19-24)22-10-5-4-6-11-22;1-18-12-14-19(15-13-18)23-16-21(22(17-26-23)25(4,5)6)24(2,3)20-10-8-7-9-11-20;/h4-13,15-21H,1-3H3;7-14,16-17H,1-6H3;/q2*-1;/i;1D3;. The van der Waals surface area contributed by atoms with E-state index in [0.717, 1.165) is 67.0 Å². The van der Waals surface area contributed by atoms with Crippen LogP contribution in [0.1, 0.15) is 61.1 Å². The monoisotopic (exact) mass is 1090 g/mol. The van der Waals surface area contributed by atoms with E-state index in [-0.39, 0.29) is 30.9 Å². The van der Waals surface area contributed by atoms with Crippen LogP contribution in [0.25, 0.3) is 72.4 Å². The number of nitrogens with zero attached hydrogens (tertiary/aromatic N) is 4. The van der Waals surface area contributed by atoms with E-state index < -0.39 is 20.1 Å². The van der Waals surface area contributed by atoms with Gasteiger partial charge in [0.15, 0.2) is 0 Å². The molecule has 0 fully saturated rings. The number of benzene rings is 6. The molecule has 0 saturated heterocycles. The minimum absolute atomic E-state index is 0. The number of pyridine rings is 2. The molecule has 0 N–H and O–H groups in total. The number of hydrogen-bond acceptors (Lipinski definition) is 4. The molecule has 0 saturated carbocycles. The second kappa shape index (κ2) is 18.2. The quantitative estimate of drug-likeness (QED) is 0.118. The summed E-state index contributed by atoms with van der Waals surface area (Å²) in [7, 11) is 0. The Morgan fingerprint density at radius 2 is 1.40 bits per heavy atom. The molecule has 327 valence electrons. The molecule has 4 heterocycles. The first-order chi connectivity index (χ1) is 31.9. The molecule has 0 aliphatic heterocycles. The second-order valence-corrected chi connectivity index (χ2v) is 29.6. The molecule has 0 amide bonds. The topological polar surface area (TPSA) is 56.7 Å². The van der Waals surface area contributed by atoms with Gasteiger partial charge in [-0.2, -0.15) is 0 Å². The number of imidazole rings is 1. The third-order valence-electron chi connectivity index (χ3n) is 12.0. The zero-order valence-electron chi connectivity index (χ0n) is 41.1. The third kappa shape index (κ3) is 9.05. The van der Waals surface area contributed by atoms with Crippen LogP contribution < -0.4 is 4.40 Å². The largest absolute Gasteiger partial charge is 0 e. The third-order valence-corrected chi connectivity index (χ3v) is 16.3. The molecular formula is C58H54GeIrN4O-2. The molecule has 0 bridgehead atoms. The minimum atomic E-state index is -2.18. The number of fused-ring (bicyclic) bond motifs is 4. The first-order valence-corrected chi connectivity index (χ1v) is 29.2. The molecule has 1 radical (unpaired) electrons. The molecule has 65 heavy (non-hydrogen) atoms. The van der Waals surface area contributed by atoms with Gasteiger partial charge in [0.25, 0.3) is 0 Å². The first-order valence-electron chi connectivity index (χ1n) is 23.3. The van der Waals surface area contributed by atoms with Crippen LogP contribution in [0.4, 0.5) is 0 Å². The number of para-hydroxylation sites is 1. The zero-order chi connectivity index (χ0) is 47.3. The molecule has 6 aromatic carbocycles. The van der Waals surface area contributed by atoms with Crippen molar-refractivity contribution in [2.45, 2.75) is 69.6 Å². The maximum absolute atomic E-state index is 7.56. The minimum Gasteiger partial charge on any atom is 0 e. The van der Waals surface area contributed by atoms with Gasteiger partial charge in [0, 0.05) is 42.8 Å². The van der Waals surface area contributed by atoms with Gasteiger partial charge in [-0.1, -0.05) is 92.4 Å². The van der Waals surface area contributed by atoms with Crippen molar-refractivity contribution in [2.75, 3.05) is 0 Å². The van der Waals surface area contributed by atoms with Crippen LogP contribution in [0.15, 0.2) is 168 Å². The molecule has 0 aliphatic rings. The fourth-order valence-electron chi connectivity index (χ4n) is 8.59. The Morgan fingerprint density at radius 3 is 2.08 bits per heavy atom. The summed E-state index contributed by atoms with van der Waals surface area (Å²) in [6.07, 6.45) is 3.90. The molecule has 10 rings (SSSR count). The molecule has 0 atom stereocenters. The van der Waals surface area contributed by atoms with E-state index in [1.54, 1.807) is 12.1 Å². The number of furan rings is 1. The molecule has 10 aromatic rings. The Bertz CT molecular complexity index is 3370. The summed E-state index contributed by atoms with van der Waals surface area (Å²) in [5, 5.41) is 2.14. The summed E-state index contributed by atoms with van der Waals surface area (Å²) in [6.45, 7) is 8.98. The fraction of sp³-hybridized carbons (Fsp3) is 0.190. The van der Waals surface area contributed by atoms with E-state index in [0.29, 0.717) is 5.56 Å². The number of hydrogen-bond donors (Lipinski definition) is 0. The van der Waals surface area contributed by atoms with E-state index >= 15 is 0 Å². The maximum Gasteiger partial charge on any atom is 0 e. The summed E-state index contributed by atoms with van der Waals surface area (Å²) in [5.74, 6) is 7.95. The van der Waals surface area contributed by atoms with Crippen molar-refractivity contribution in [3.8, 4) is 39.5 Å². The van der Waals surface area contributed by atoms with Crippen LogP contribution >= 0.6 is 0 Å². The van der Waals surface area contributed by atoms with Gasteiger partial charge in [0.2, 0.25) is 0 Å². The second-order valence-electron chi connectivity index (χ2n) is 19.0. The fourth-order valence-corrected chi connectivity index (χ4v) is 12.0.